The fourth-order valence-corrected chi connectivity index (χ4v) is 2.89. The Hall–Kier alpha value is -1.22. The lowest BCUT2D eigenvalue weighted by atomic mass is 10.1. The van der Waals surface area contributed by atoms with Crippen LogP contribution in [0.25, 0.3) is 0 Å². The highest BCUT2D eigenvalue weighted by atomic mass is 32.2. The van der Waals surface area contributed by atoms with Gasteiger partial charge >= 0.3 is 0 Å². The highest BCUT2D eigenvalue weighted by Gasteiger charge is 1.97. The molecule has 0 atom stereocenters. The van der Waals surface area contributed by atoms with Gasteiger partial charge in [-0.05, 0) is 67.2 Å². The average Bonchev–Trinajstić information content (AvgIpc) is 2.52. The lowest BCUT2D eigenvalue weighted by molar-refractivity contribution is 0.590. The minimum absolute atomic E-state index is 0.388. The van der Waals surface area contributed by atoms with E-state index in [4.69, 9.17) is 0 Å². The van der Waals surface area contributed by atoms with E-state index in [-0.39, 0.29) is 0 Å². The predicted molar refractivity (Wildman–Crippen MR) is 131 cm³/mol. The maximum absolute atomic E-state index is 10.8. The molecule has 0 fully saturated rings. The van der Waals surface area contributed by atoms with Gasteiger partial charge in [-0.1, -0.05) is 46.6 Å². The summed E-state index contributed by atoms with van der Waals surface area (Å²) in [4.78, 5) is 0. The first-order chi connectivity index (χ1) is 13.6. The third-order valence-electron chi connectivity index (χ3n) is 3.77. The van der Waals surface area contributed by atoms with Crippen molar-refractivity contribution < 1.29 is 16.8 Å². The molecule has 0 heterocycles. The highest BCUT2D eigenvalue weighted by molar-refractivity contribution is 7.89. The molecule has 0 rings (SSSR count). The first kappa shape index (κ1) is 31.0. The van der Waals surface area contributed by atoms with Crippen LogP contribution in [-0.2, 0) is 20.0 Å². The molecule has 0 spiro atoms. The van der Waals surface area contributed by atoms with Crippen molar-refractivity contribution in [2.75, 3.05) is 25.6 Å². The van der Waals surface area contributed by atoms with Gasteiger partial charge in [0, 0.05) is 13.1 Å². The summed E-state index contributed by atoms with van der Waals surface area (Å²) >= 11 is 0. The molecule has 0 bridgehead atoms. The highest BCUT2D eigenvalue weighted by Crippen LogP contribution is 2.06. The molecule has 0 unspecified atom stereocenters. The average molecular weight is 463 g/mol. The molecular formula is C22H42N2O4S2. The van der Waals surface area contributed by atoms with Gasteiger partial charge in [0.1, 0.15) is 0 Å². The molecule has 0 saturated heterocycles. The number of sulfonamides is 2. The van der Waals surface area contributed by atoms with E-state index in [2.05, 4.69) is 49.3 Å². The second kappa shape index (κ2) is 16.5. The van der Waals surface area contributed by atoms with Crippen LogP contribution in [-0.4, -0.2) is 42.4 Å². The quantitative estimate of drug-likeness (QED) is 0.419. The van der Waals surface area contributed by atoms with Crippen molar-refractivity contribution in [3.05, 3.63) is 46.6 Å². The van der Waals surface area contributed by atoms with Gasteiger partial charge in [-0.2, -0.15) is 0 Å². The van der Waals surface area contributed by atoms with E-state index in [1.165, 1.54) is 34.8 Å². The van der Waals surface area contributed by atoms with Crippen molar-refractivity contribution >= 4 is 20.0 Å². The van der Waals surface area contributed by atoms with Crippen molar-refractivity contribution in [1.29, 1.82) is 0 Å². The summed E-state index contributed by atoms with van der Waals surface area (Å²) in [5.41, 5.74) is 5.06. The number of rotatable bonds is 12. The Morgan fingerprint density at radius 2 is 0.900 bits per heavy atom. The molecule has 0 aromatic carbocycles. The molecule has 30 heavy (non-hydrogen) atoms. The molecule has 0 amide bonds. The summed E-state index contributed by atoms with van der Waals surface area (Å²) in [6.45, 7) is 13.1. The summed E-state index contributed by atoms with van der Waals surface area (Å²) in [6.07, 6.45) is 14.5. The van der Waals surface area contributed by atoms with Crippen LogP contribution in [0.5, 0.6) is 0 Å². The van der Waals surface area contributed by atoms with Crippen LogP contribution in [0.3, 0.4) is 0 Å². The zero-order valence-electron chi connectivity index (χ0n) is 20.0. The summed E-state index contributed by atoms with van der Waals surface area (Å²) in [5.74, 6) is 0. The van der Waals surface area contributed by atoms with Crippen LogP contribution in [0.2, 0.25) is 0 Å². The van der Waals surface area contributed by atoms with E-state index in [1.807, 2.05) is 26.0 Å². The minimum atomic E-state index is -3.06. The Bertz CT molecular complexity index is 741. The van der Waals surface area contributed by atoms with Crippen LogP contribution in [0, 0.1) is 0 Å². The third kappa shape index (κ3) is 29.0. The lowest BCUT2D eigenvalue weighted by Gasteiger charge is -2.00. The summed E-state index contributed by atoms with van der Waals surface area (Å²) in [7, 11) is -6.12. The molecule has 6 nitrogen and oxygen atoms in total. The minimum Gasteiger partial charge on any atom is -0.213 e. The first-order valence-corrected chi connectivity index (χ1v) is 13.9. The first-order valence-electron chi connectivity index (χ1n) is 10.1. The maximum atomic E-state index is 10.8. The lowest BCUT2D eigenvalue weighted by Crippen LogP contribution is -2.21. The van der Waals surface area contributed by atoms with Gasteiger partial charge in [-0.25, -0.2) is 26.3 Å². The zero-order valence-corrected chi connectivity index (χ0v) is 21.6. The van der Waals surface area contributed by atoms with E-state index < -0.39 is 20.0 Å². The standard InChI is InChI=1S/2C11H21NO2S/c2*1-10(2)6-5-7-11(3)8-9-12-15(4,13)14/h2*6,8,12H,5,7,9H2,1-4H3/b2*11-8+. The number of hydrogen-bond acceptors (Lipinski definition) is 4. The van der Waals surface area contributed by atoms with Crippen molar-refractivity contribution in [3.8, 4) is 0 Å². The summed E-state index contributed by atoms with van der Waals surface area (Å²) in [6, 6.07) is 0. The van der Waals surface area contributed by atoms with Gasteiger partial charge in [0.25, 0.3) is 0 Å². The molecule has 176 valence electrons. The second-order valence-electron chi connectivity index (χ2n) is 7.98. The summed E-state index contributed by atoms with van der Waals surface area (Å²) in [5, 5.41) is 0. The summed E-state index contributed by atoms with van der Waals surface area (Å²) < 4.78 is 47.9. The van der Waals surface area contributed by atoms with Gasteiger partial charge in [0.15, 0.2) is 0 Å². The number of allylic oxidation sites excluding steroid dienone is 6. The van der Waals surface area contributed by atoms with E-state index in [0.29, 0.717) is 13.1 Å². The molecule has 0 aliphatic carbocycles. The Morgan fingerprint density at radius 1 is 0.600 bits per heavy atom. The Balaban J connectivity index is 0. The van der Waals surface area contributed by atoms with Crippen molar-refractivity contribution in [1.82, 2.24) is 9.44 Å². The molecule has 0 aromatic heterocycles. The maximum Gasteiger partial charge on any atom is 0.208 e. The van der Waals surface area contributed by atoms with Gasteiger partial charge in [0.05, 0.1) is 12.5 Å². The monoisotopic (exact) mass is 462 g/mol. The van der Waals surface area contributed by atoms with Crippen LogP contribution >= 0.6 is 0 Å². The van der Waals surface area contributed by atoms with Gasteiger partial charge < -0.3 is 0 Å². The number of nitrogens with one attached hydrogen (secondary N) is 2. The van der Waals surface area contributed by atoms with Crippen molar-refractivity contribution in [2.45, 2.75) is 67.2 Å². The van der Waals surface area contributed by atoms with E-state index in [1.54, 1.807) is 0 Å². The van der Waals surface area contributed by atoms with E-state index in [0.717, 1.165) is 25.7 Å². The molecule has 0 radical (unpaired) electrons. The Labute approximate surface area is 185 Å². The van der Waals surface area contributed by atoms with E-state index >= 15 is 0 Å². The van der Waals surface area contributed by atoms with Crippen molar-refractivity contribution in [3.63, 3.8) is 0 Å². The van der Waals surface area contributed by atoms with Crippen LogP contribution < -0.4 is 9.44 Å². The van der Waals surface area contributed by atoms with Gasteiger partial charge in [-0.15, -0.1) is 0 Å². The normalized spacial score (nSPS) is 12.7. The predicted octanol–water partition coefficient (Wildman–Crippen LogP) is 4.46. The molecule has 2 N–H and O–H groups in total. The third-order valence-corrected chi connectivity index (χ3v) is 5.16. The zero-order chi connectivity index (χ0) is 23.8. The SMILES string of the molecule is CC(C)=CCC/C(C)=C/CNS(C)(=O)=O.CC(C)=CCC/C(C)=C/CNS(C)(=O)=O. The fraction of sp³-hybridized carbons (Fsp3) is 0.636. The van der Waals surface area contributed by atoms with Crippen molar-refractivity contribution in [2.24, 2.45) is 0 Å². The molecule has 0 aromatic rings. The smallest absolute Gasteiger partial charge is 0.208 e. The Morgan fingerprint density at radius 3 is 1.13 bits per heavy atom. The number of hydrogen-bond donors (Lipinski definition) is 2. The fourth-order valence-electron chi connectivity index (χ4n) is 2.12. The molecule has 0 saturated carbocycles. The Kier molecular flexibility index (Phi) is 17.0. The second-order valence-corrected chi connectivity index (χ2v) is 11.6. The topological polar surface area (TPSA) is 92.3 Å². The molecule has 0 aliphatic rings. The largest absolute Gasteiger partial charge is 0.213 e. The van der Waals surface area contributed by atoms with E-state index in [9.17, 15) is 16.8 Å². The van der Waals surface area contributed by atoms with Gasteiger partial charge in [-0.3, -0.25) is 0 Å². The van der Waals surface area contributed by atoms with Crippen LogP contribution in [0.1, 0.15) is 67.2 Å². The molecule has 0 aliphatic heterocycles. The van der Waals surface area contributed by atoms with Crippen LogP contribution in [0.4, 0.5) is 0 Å². The van der Waals surface area contributed by atoms with Crippen LogP contribution in [0.15, 0.2) is 46.6 Å². The molecular weight excluding hydrogens is 420 g/mol. The molecule has 8 heteroatoms. The van der Waals surface area contributed by atoms with Gasteiger partial charge in [0.2, 0.25) is 20.0 Å².